The summed E-state index contributed by atoms with van der Waals surface area (Å²) in [6.45, 7) is -3.31. The lowest BCUT2D eigenvalue weighted by Crippen LogP contribution is -2.06. The Hall–Kier alpha value is -0.490. The fourth-order valence-corrected chi connectivity index (χ4v) is 1.26. The molecule has 0 aromatic heterocycles. The first-order valence-corrected chi connectivity index (χ1v) is 4.38. The molecule has 0 saturated carbocycles. The summed E-state index contributed by atoms with van der Waals surface area (Å²) in [5, 5.41) is -0.512. The number of rotatable bonds is 2. The number of benzene rings is 1. The Morgan fingerprint density at radius 1 is 1.36 bits per heavy atom. The molecule has 0 amide bonds. The van der Waals surface area contributed by atoms with Gasteiger partial charge in [0, 0.05) is 4.47 Å². The van der Waals surface area contributed by atoms with E-state index in [1.807, 2.05) is 0 Å². The summed E-state index contributed by atoms with van der Waals surface area (Å²) in [7, 11) is 0. The second-order valence-corrected chi connectivity index (χ2v) is 3.41. The van der Waals surface area contributed by atoms with E-state index in [1.165, 1.54) is 0 Å². The molecule has 0 aliphatic rings. The van der Waals surface area contributed by atoms with Gasteiger partial charge in [-0.1, -0.05) is 11.6 Å². The van der Waals surface area contributed by atoms with Crippen molar-refractivity contribution in [2.45, 2.75) is 6.61 Å². The molecule has 0 heterocycles. The normalized spacial score (nSPS) is 10.8. The Morgan fingerprint density at radius 3 is 2.43 bits per heavy atom. The molecule has 0 spiro atoms. The molecule has 14 heavy (non-hydrogen) atoms. The molecule has 0 bridgehead atoms. The van der Waals surface area contributed by atoms with E-state index in [0.717, 1.165) is 6.07 Å². The van der Waals surface area contributed by atoms with Gasteiger partial charge in [-0.2, -0.15) is 8.78 Å². The fraction of sp³-hybridized carbons (Fsp3) is 0.143. The van der Waals surface area contributed by atoms with E-state index in [0.29, 0.717) is 0 Å². The predicted octanol–water partition coefficient (Wildman–Crippen LogP) is 3.98. The number of ether oxygens (including phenoxy) is 1. The average molecular weight is 293 g/mol. The van der Waals surface area contributed by atoms with Crippen molar-refractivity contribution in [1.82, 2.24) is 0 Å². The highest BCUT2D eigenvalue weighted by Gasteiger charge is 2.20. The zero-order valence-corrected chi connectivity index (χ0v) is 8.67. The van der Waals surface area contributed by atoms with Crippen molar-refractivity contribution in [2.75, 3.05) is 0 Å². The summed E-state index contributed by atoms with van der Waals surface area (Å²) in [6, 6.07) is 0.739. The van der Waals surface area contributed by atoms with Crippen molar-refractivity contribution in [2.24, 2.45) is 0 Å². The van der Waals surface area contributed by atoms with Gasteiger partial charge in [0.1, 0.15) is 0 Å². The average Bonchev–Trinajstić information content (AvgIpc) is 2.09. The van der Waals surface area contributed by atoms with Crippen molar-refractivity contribution in [3.63, 3.8) is 0 Å². The van der Waals surface area contributed by atoms with Crippen LogP contribution < -0.4 is 4.74 Å². The van der Waals surface area contributed by atoms with Crippen molar-refractivity contribution in [1.29, 1.82) is 0 Å². The van der Waals surface area contributed by atoms with Crippen molar-refractivity contribution < 1.29 is 22.3 Å². The third-order valence-electron chi connectivity index (χ3n) is 1.28. The Morgan fingerprint density at radius 2 is 1.93 bits per heavy atom. The first kappa shape index (κ1) is 11.6. The number of hydrogen-bond acceptors (Lipinski definition) is 1. The molecule has 0 atom stereocenters. The Bertz CT molecular complexity index is 358. The highest BCUT2D eigenvalue weighted by atomic mass is 79.9. The predicted molar refractivity (Wildman–Crippen MR) is 45.7 cm³/mol. The zero-order valence-electron chi connectivity index (χ0n) is 6.33. The molecule has 1 rings (SSSR count). The summed E-state index contributed by atoms with van der Waals surface area (Å²) in [6.07, 6.45) is 0. The minimum atomic E-state index is -3.31. The van der Waals surface area contributed by atoms with Gasteiger partial charge in [-0.3, -0.25) is 0 Å². The largest absolute Gasteiger partial charge is 0.428 e. The van der Waals surface area contributed by atoms with E-state index >= 15 is 0 Å². The van der Waals surface area contributed by atoms with Crippen LogP contribution in [0, 0.1) is 11.6 Å². The third-order valence-corrected chi connectivity index (χ3v) is 2.50. The van der Waals surface area contributed by atoms with Gasteiger partial charge >= 0.3 is 6.61 Å². The van der Waals surface area contributed by atoms with Crippen LogP contribution in [0.4, 0.5) is 17.6 Å². The van der Waals surface area contributed by atoms with Gasteiger partial charge in [0.05, 0.1) is 5.02 Å². The minimum Gasteiger partial charge on any atom is -0.428 e. The molecular weight excluding hydrogens is 291 g/mol. The van der Waals surface area contributed by atoms with Crippen LogP contribution in [0.2, 0.25) is 5.02 Å². The van der Waals surface area contributed by atoms with Gasteiger partial charge in [-0.15, -0.1) is 0 Å². The van der Waals surface area contributed by atoms with E-state index in [-0.39, 0.29) is 4.47 Å². The van der Waals surface area contributed by atoms with Crippen LogP contribution in [-0.4, -0.2) is 6.61 Å². The molecule has 1 nitrogen and oxygen atoms in total. The molecule has 0 aliphatic heterocycles. The van der Waals surface area contributed by atoms with Crippen molar-refractivity contribution in [3.05, 3.63) is 27.2 Å². The molecule has 0 N–H and O–H groups in total. The van der Waals surface area contributed by atoms with Crippen LogP contribution in [0.3, 0.4) is 0 Å². The summed E-state index contributed by atoms with van der Waals surface area (Å²) >= 11 is 8.07. The van der Waals surface area contributed by atoms with Gasteiger partial charge in [-0.05, 0) is 22.0 Å². The number of halogens is 6. The van der Waals surface area contributed by atoms with E-state index in [9.17, 15) is 17.6 Å². The standard InChI is InChI=1S/C7H2BrClF4O/c8-2-1-3(10)6(14-7(12)13)5(11)4(2)9/h1,7H. The van der Waals surface area contributed by atoms with Crippen LogP contribution in [0.15, 0.2) is 10.5 Å². The molecule has 1 aromatic carbocycles. The number of hydrogen-bond donors (Lipinski definition) is 0. The fourth-order valence-electron chi connectivity index (χ4n) is 0.747. The maximum atomic E-state index is 13.0. The van der Waals surface area contributed by atoms with Crippen LogP contribution in [0.5, 0.6) is 5.75 Å². The second-order valence-electron chi connectivity index (χ2n) is 2.18. The highest BCUT2D eigenvalue weighted by molar-refractivity contribution is 9.10. The van der Waals surface area contributed by atoms with Gasteiger partial charge in [0.2, 0.25) is 0 Å². The SMILES string of the molecule is Fc1cc(Br)c(Cl)c(F)c1OC(F)F. The van der Waals surface area contributed by atoms with Crippen molar-refractivity contribution >= 4 is 27.5 Å². The molecule has 78 valence electrons. The van der Waals surface area contributed by atoms with Gasteiger partial charge in [0.15, 0.2) is 17.4 Å². The lowest BCUT2D eigenvalue weighted by molar-refractivity contribution is -0.0546. The second kappa shape index (κ2) is 4.35. The first-order valence-electron chi connectivity index (χ1n) is 3.21. The molecule has 0 saturated heterocycles. The first-order chi connectivity index (χ1) is 6.43. The van der Waals surface area contributed by atoms with Crippen LogP contribution >= 0.6 is 27.5 Å². The minimum absolute atomic E-state index is 0.0733. The lowest BCUT2D eigenvalue weighted by Gasteiger charge is -2.08. The van der Waals surface area contributed by atoms with Gasteiger partial charge in [0.25, 0.3) is 0 Å². The summed E-state index contributed by atoms with van der Waals surface area (Å²) < 4.78 is 52.8. The Labute approximate surface area is 89.7 Å². The molecule has 0 fully saturated rings. The third kappa shape index (κ3) is 2.30. The van der Waals surface area contributed by atoms with E-state index in [4.69, 9.17) is 11.6 Å². The van der Waals surface area contributed by atoms with Crippen LogP contribution in [0.1, 0.15) is 0 Å². The molecular formula is C7H2BrClF4O. The van der Waals surface area contributed by atoms with Crippen LogP contribution in [-0.2, 0) is 0 Å². The number of alkyl halides is 2. The van der Waals surface area contributed by atoms with E-state index in [2.05, 4.69) is 20.7 Å². The molecule has 0 unspecified atom stereocenters. The summed E-state index contributed by atoms with van der Waals surface area (Å²) in [5.41, 5.74) is 0. The maximum absolute atomic E-state index is 13.0. The summed E-state index contributed by atoms with van der Waals surface area (Å²) in [5.74, 6) is -3.80. The Kier molecular flexibility index (Phi) is 3.60. The highest BCUT2D eigenvalue weighted by Crippen LogP contribution is 2.34. The maximum Gasteiger partial charge on any atom is 0.387 e. The van der Waals surface area contributed by atoms with Crippen LogP contribution in [0.25, 0.3) is 0 Å². The monoisotopic (exact) mass is 292 g/mol. The molecule has 0 aliphatic carbocycles. The quantitative estimate of drug-likeness (QED) is 0.455. The van der Waals surface area contributed by atoms with Crippen molar-refractivity contribution in [3.8, 4) is 5.75 Å². The molecule has 7 heteroatoms. The summed E-state index contributed by atoms with van der Waals surface area (Å²) in [4.78, 5) is 0. The van der Waals surface area contributed by atoms with E-state index < -0.39 is 29.0 Å². The molecule has 0 radical (unpaired) electrons. The van der Waals surface area contributed by atoms with Gasteiger partial charge < -0.3 is 4.74 Å². The van der Waals surface area contributed by atoms with E-state index in [1.54, 1.807) is 0 Å². The van der Waals surface area contributed by atoms with Gasteiger partial charge in [-0.25, -0.2) is 8.78 Å². The Balaban J connectivity index is 3.22. The lowest BCUT2D eigenvalue weighted by atomic mass is 10.3. The zero-order chi connectivity index (χ0) is 10.9. The molecule has 1 aromatic rings. The topological polar surface area (TPSA) is 9.23 Å². The smallest absolute Gasteiger partial charge is 0.387 e.